The van der Waals surface area contributed by atoms with Crippen LogP contribution in [-0.2, 0) is 14.3 Å². The van der Waals surface area contributed by atoms with Crippen LogP contribution in [0.15, 0.2) is 64.3 Å². The molecule has 2 heterocycles. The molecule has 0 saturated heterocycles. The van der Waals surface area contributed by atoms with Crippen molar-refractivity contribution in [2.24, 2.45) is 4.99 Å². The van der Waals surface area contributed by atoms with Gasteiger partial charge in [-0.25, -0.2) is 9.79 Å². The second-order valence-electron chi connectivity index (χ2n) is 7.48. The molecule has 0 bridgehead atoms. The third kappa shape index (κ3) is 4.36. The van der Waals surface area contributed by atoms with Crippen molar-refractivity contribution in [1.82, 2.24) is 10.2 Å². The van der Waals surface area contributed by atoms with Gasteiger partial charge in [-0.3, -0.25) is 4.79 Å². The summed E-state index contributed by atoms with van der Waals surface area (Å²) in [5, 5.41) is 5.49. The molecule has 0 radical (unpaired) electrons. The van der Waals surface area contributed by atoms with E-state index in [1.165, 1.54) is 24.4 Å². The van der Waals surface area contributed by atoms with E-state index in [0.717, 1.165) is 16.4 Å². The third-order valence-corrected chi connectivity index (χ3v) is 6.00. The van der Waals surface area contributed by atoms with Gasteiger partial charge in [-0.05, 0) is 29.4 Å². The number of nitrogens with one attached hydrogen (secondary N) is 1. The molecule has 2 aliphatic heterocycles. The first-order valence-corrected chi connectivity index (χ1v) is 10.8. The fraction of sp³-hybridized carbons (Fsp3) is 0.348. The summed E-state index contributed by atoms with van der Waals surface area (Å²) in [7, 11) is 1.37. The standard InChI is InChI=1S/C23H27N3O3S/c1-6-11-24-19(27)12-18-13-30-23-25-15(4)20(22(28)29-5)21(26(18)23)17-9-7-16(8-10-17)14(2)3/h6-10,13-14,21H,1,11-12H2,2-5H3,(H,24,27). The average molecular weight is 426 g/mol. The first-order valence-electron chi connectivity index (χ1n) is 9.87. The summed E-state index contributed by atoms with van der Waals surface area (Å²) in [4.78, 5) is 31.6. The number of hydrogen-bond donors (Lipinski definition) is 1. The summed E-state index contributed by atoms with van der Waals surface area (Å²) >= 11 is 1.46. The molecule has 1 amide bonds. The summed E-state index contributed by atoms with van der Waals surface area (Å²) in [6.07, 6.45) is 1.83. The van der Waals surface area contributed by atoms with Gasteiger partial charge in [0.15, 0.2) is 5.17 Å². The molecular weight excluding hydrogens is 398 g/mol. The lowest BCUT2D eigenvalue weighted by Gasteiger charge is -2.36. The predicted octanol–water partition coefficient (Wildman–Crippen LogP) is 4.25. The van der Waals surface area contributed by atoms with E-state index in [1.807, 2.05) is 29.4 Å². The fourth-order valence-corrected chi connectivity index (χ4v) is 4.50. The lowest BCUT2D eigenvalue weighted by atomic mass is 9.92. The highest BCUT2D eigenvalue weighted by Crippen LogP contribution is 2.44. The van der Waals surface area contributed by atoms with Crippen LogP contribution >= 0.6 is 11.8 Å². The predicted molar refractivity (Wildman–Crippen MR) is 121 cm³/mol. The topological polar surface area (TPSA) is 71.0 Å². The number of aliphatic imine (C=N–C) groups is 1. The van der Waals surface area contributed by atoms with E-state index in [-0.39, 0.29) is 12.3 Å². The highest BCUT2D eigenvalue weighted by Gasteiger charge is 2.40. The number of carbonyl (C=O) groups excluding carboxylic acids is 2. The van der Waals surface area contributed by atoms with Crippen LogP contribution in [-0.4, -0.2) is 35.6 Å². The molecule has 7 heteroatoms. The number of esters is 1. The second kappa shape index (κ2) is 9.34. The van der Waals surface area contributed by atoms with Gasteiger partial charge >= 0.3 is 5.97 Å². The number of thioether (sulfide) groups is 1. The van der Waals surface area contributed by atoms with E-state index in [0.29, 0.717) is 23.7 Å². The molecule has 2 aliphatic rings. The zero-order valence-electron chi connectivity index (χ0n) is 17.8. The Morgan fingerprint density at radius 2 is 2.03 bits per heavy atom. The molecule has 0 aromatic heterocycles. The number of allylic oxidation sites excluding steroid dienone is 1. The van der Waals surface area contributed by atoms with E-state index < -0.39 is 12.0 Å². The molecule has 1 N–H and O–H groups in total. The zero-order chi connectivity index (χ0) is 21.8. The highest BCUT2D eigenvalue weighted by molar-refractivity contribution is 8.16. The van der Waals surface area contributed by atoms with Crippen LogP contribution < -0.4 is 5.32 Å². The number of fused-ring (bicyclic) bond motifs is 1. The monoisotopic (exact) mass is 425 g/mol. The van der Waals surface area contributed by atoms with Gasteiger partial charge < -0.3 is 15.0 Å². The van der Waals surface area contributed by atoms with Crippen LogP contribution in [0.2, 0.25) is 0 Å². The number of amides is 1. The molecule has 1 unspecified atom stereocenters. The molecule has 30 heavy (non-hydrogen) atoms. The Kier molecular flexibility index (Phi) is 6.82. The van der Waals surface area contributed by atoms with Gasteiger partial charge in [-0.15, -0.1) is 6.58 Å². The van der Waals surface area contributed by atoms with Crippen molar-refractivity contribution >= 4 is 28.8 Å². The third-order valence-electron chi connectivity index (χ3n) is 5.11. The largest absolute Gasteiger partial charge is 0.466 e. The van der Waals surface area contributed by atoms with Crippen molar-refractivity contribution in [3.05, 3.63) is 70.4 Å². The van der Waals surface area contributed by atoms with Crippen LogP contribution in [0.25, 0.3) is 0 Å². The van der Waals surface area contributed by atoms with Crippen molar-refractivity contribution in [3.8, 4) is 0 Å². The highest BCUT2D eigenvalue weighted by atomic mass is 32.2. The SMILES string of the molecule is C=CCNC(=O)CC1=CSC2=NC(C)=C(C(=O)OC)C(c3ccc(C(C)C)cc3)N12. The van der Waals surface area contributed by atoms with E-state index in [1.54, 1.807) is 6.08 Å². The molecule has 0 aliphatic carbocycles. The van der Waals surface area contributed by atoms with Crippen LogP contribution in [0.1, 0.15) is 50.3 Å². The quantitative estimate of drug-likeness (QED) is 0.522. The van der Waals surface area contributed by atoms with E-state index in [4.69, 9.17) is 4.74 Å². The van der Waals surface area contributed by atoms with Gasteiger partial charge in [-0.2, -0.15) is 0 Å². The maximum atomic E-state index is 12.7. The summed E-state index contributed by atoms with van der Waals surface area (Å²) < 4.78 is 5.08. The molecular formula is C23H27N3O3S. The summed E-state index contributed by atoms with van der Waals surface area (Å²) in [6, 6.07) is 7.84. The smallest absolute Gasteiger partial charge is 0.338 e. The van der Waals surface area contributed by atoms with Crippen LogP contribution in [0.4, 0.5) is 0 Å². The van der Waals surface area contributed by atoms with E-state index in [9.17, 15) is 9.59 Å². The number of ether oxygens (including phenoxy) is 1. The van der Waals surface area contributed by atoms with Gasteiger partial charge in [-0.1, -0.05) is 56.0 Å². The van der Waals surface area contributed by atoms with Gasteiger partial charge in [0.2, 0.25) is 5.91 Å². The molecule has 6 nitrogen and oxygen atoms in total. The first-order chi connectivity index (χ1) is 14.4. The van der Waals surface area contributed by atoms with Crippen molar-refractivity contribution in [1.29, 1.82) is 0 Å². The maximum Gasteiger partial charge on any atom is 0.338 e. The van der Waals surface area contributed by atoms with Crippen LogP contribution in [0.3, 0.4) is 0 Å². The Morgan fingerprint density at radius 3 is 2.63 bits per heavy atom. The molecule has 1 aromatic carbocycles. The summed E-state index contributed by atoms with van der Waals surface area (Å²) in [5.41, 5.74) is 4.08. The number of carbonyl (C=O) groups is 2. The summed E-state index contributed by atoms with van der Waals surface area (Å²) in [6.45, 7) is 10.1. The Labute approximate surface area is 181 Å². The minimum absolute atomic E-state index is 0.109. The van der Waals surface area contributed by atoms with Gasteiger partial charge in [0, 0.05) is 12.2 Å². The molecule has 1 atom stereocenters. The number of methoxy groups -OCH3 is 1. The van der Waals surface area contributed by atoms with Gasteiger partial charge in [0.05, 0.1) is 30.8 Å². The maximum absolute atomic E-state index is 12.7. The Hall–Kier alpha value is -2.80. The van der Waals surface area contributed by atoms with Crippen LogP contribution in [0.5, 0.6) is 0 Å². The lowest BCUT2D eigenvalue weighted by molar-refractivity contribution is -0.136. The molecule has 0 saturated carbocycles. The normalized spacial score (nSPS) is 18.0. The molecule has 0 spiro atoms. The zero-order valence-corrected chi connectivity index (χ0v) is 18.6. The fourth-order valence-electron chi connectivity index (χ4n) is 3.53. The van der Waals surface area contributed by atoms with Gasteiger partial charge in [0.25, 0.3) is 0 Å². The van der Waals surface area contributed by atoms with Crippen molar-refractivity contribution < 1.29 is 14.3 Å². The minimum atomic E-state index is -0.416. The number of amidine groups is 1. The molecule has 1 aromatic rings. The Morgan fingerprint density at radius 1 is 1.33 bits per heavy atom. The van der Waals surface area contributed by atoms with Crippen molar-refractivity contribution in [2.75, 3.05) is 13.7 Å². The lowest BCUT2D eigenvalue weighted by Crippen LogP contribution is -2.38. The molecule has 3 rings (SSSR count). The molecule has 158 valence electrons. The first kappa shape index (κ1) is 21.9. The Balaban J connectivity index is 2.02. The number of hydrogen-bond acceptors (Lipinski definition) is 6. The van der Waals surface area contributed by atoms with Gasteiger partial charge in [0.1, 0.15) is 0 Å². The van der Waals surface area contributed by atoms with Crippen molar-refractivity contribution in [2.45, 2.75) is 39.2 Å². The number of nitrogens with zero attached hydrogens (tertiary/aromatic N) is 2. The molecule has 0 fully saturated rings. The Bertz CT molecular complexity index is 945. The summed E-state index contributed by atoms with van der Waals surface area (Å²) in [5.74, 6) is -0.116. The second-order valence-corrected chi connectivity index (χ2v) is 8.31. The number of benzene rings is 1. The van der Waals surface area contributed by atoms with Crippen LogP contribution in [0, 0.1) is 0 Å². The van der Waals surface area contributed by atoms with E-state index in [2.05, 4.69) is 42.9 Å². The number of rotatable bonds is 7. The average Bonchev–Trinajstić information content (AvgIpc) is 3.12. The van der Waals surface area contributed by atoms with E-state index >= 15 is 0 Å². The van der Waals surface area contributed by atoms with Crippen molar-refractivity contribution in [3.63, 3.8) is 0 Å². The minimum Gasteiger partial charge on any atom is -0.466 e.